The molecule has 0 unspecified atom stereocenters. The summed E-state index contributed by atoms with van der Waals surface area (Å²) in [5.74, 6) is 0. The molecule has 46 heavy (non-hydrogen) atoms. The minimum Gasteiger partial charge on any atom is -0.309 e. The summed E-state index contributed by atoms with van der Waals surface area (Å²) >= 11 is 0. The fourth-order valence-corrected chi connectivity index (χ4v) is 7.28. The number of para-hydroxylation sites is 3. The third-order valence-electron chi connectivity index (χ3n) is 9.18. The predicted molar refractivity (Wildman–Crippen MR) is 187 cm³/mol. The van der Waals surface area contributed by atoms with Gasteiger partial charge in [0.1, 0.15) is 0 Å². The summed E-state index contributed by atoms with van der Waals surface area (Å²) in [6.07, 6.45) is 0. The highest BCUT2D eigenvalue weighted by Crippen LogP contribution is 2.43. The normalized spacial score (nSPS) is 11.4. The van der Waals surface area contributed by atoms with E-state index in [9.17, 15) is 10.5 Å². The monoisotopic (exact) mass is 584 g/mol. The first-order chi connectivity index (χ1) is 22.8. The standard InChI is InChI=1S/C42H24N4/c43-25-29-11-8-12-30(26-44)40(29)28-20-21-32-27(24-28)10-9-19-36(32)46-37-17-6-4-15-33(37)34-22-23-39-41(42(34)46)35-16-5-7-18-38(35)45(39)31-13-2-1-3-14-31/h1-24H. The number of benzene rings is 7. The van der Waals surface area contributed by atoms with E-state index in [0.29, 0.717) is 16.7 Å². The average molecular weight is 585 g/mol. The quantitative estimate of drug-likeness (QED) is 0.207. The molecular formula is C42H24N4. The molecule has 4 nitrogen and oxygen atoms in total. The SMILES string of the molecule is N#Cc1cccc(C#N)c1-c1ccc2c(-n3c4ccccc4c4ccc5c(c6ccccc6n5-c5ccccc5)c43)cccc2c1. The summed E-state index contributed by atoms with van der Waals surface area (Å²) in [4.78, 5) is 0. The largest absolute Gasteiger partial charge is 0.309 e. The molecule has 0 atom stereocenters. The van der Waals surface area contributed by atoms with Gasteiger partial charge in [0.15, 0.2) is 0 Å². The first-order valence-electron chi connectivity index (χ1n) is 15.2. The van der Waals surface area contributed by atoms with Crippen LogP contribution in [0.5, 0.6) is 0 Å². The highest BCUT2D eigenvalue weighted by atomic mass is 15.0. The van der Waals surface area contributed by atoms with Crippen molar-refractivity contribution in [3.8, 4) is 34.6 Å². The number of nitriles is 2. The molecule has 212 valence electrons. The van der Waals surface area contributed by atoms with Crippen molar-refractivity contribution < 1.29 is 0 Å². The second-order valence-corrected chi connectivity index (χ2v) is 11.6. The highest BCUT2D eigenvalue weighted by Gasteiger charge is 2.21. The van der Waals surface area contributed by atoms with Crippen molar-refractivity contribution in [3.05, 3.63) is 157 Å². The van der Waals surface area contributed by atoms with Crippen LogP contribution in [-0.4, -0.2) is 9.13 Å². The molecule has 9 rings (SSSR count). The summed E-state index contributed by atoms with van der Waals surface area (Å²) in [7, 11) is 0. The fourth-order valence-electron chi connectivity index (χ4n) is 7.28. The first-order valence-corrected chi connectivity index (χ1v) is 15.2. The van der Waals surface area contributed by atoms with Gasteiger partial charge in [-0.15, -0.1) is 0 Å². The Labute approximate surface area is 264 Å². The zero-order valence-electron chi connectivity index (χ0n) is 24.6. The molecule has 0 amide bonds. The van der Waals surface area contributed by atoms with Crippen LogP contribution in [-0.2, 0) is 0 Å². The van der Waals surface area contributed by atoms with Gasteiger partial charge in [-0.25, -0.2) is 0 Å². The third kappa shape index (κ3) is 3.59. The van der Waals surface area contributed by atoms with Crippen LogP contribution < -0.4 is 0 Å². The lowest BCUT2D eigenvalue weighted by molar-refractivity contribution is 1.18. The van der Waals surface area contributed by atoms with E-state index >= 15 is 0 Å². The molecule has 2 aromatic heterocycles. The van der Waals surface area contributed by atoms with E-state index in [4.69, 9.17) is 0 Å². The van der Waals surface area contributed by atoms with Gasteiger partial charge in [0.05, 0.1) is 51.0 Å². The Bertz CT molecular complexity index is 2730. The van der Waals surface area contributed by atoms with Crippen molar-refractivity contribution in [3.63, 3.8) is 0 Å². The Kier molecular flexibility index (Phi) is 5.59. The second-order valence-electron chi connectivity index (χ2n) is 11.6. The Morgan fingerprint density at radius 1 is 0.457 bits per heavy atom. The lowest BCUT2D eigenvalue weighted by atomic mass is 9.93. The third-order valence-corrected chi connectivity index (χ3v) is 9.18. The van der Waals surface area contributed by atoms with E-state index in [1.165, 1.54) is 32.6 Å². The van der Waals surface area contributed by atoms with E-state index in [-0.39, 0.29) is 0 Å². The molecule has 2 heterocycles. The lowest BCUT2D eigenvalue weighted by Crippen LogP contribution is -1.97. The number of hydrogen-bond donors (Lipinski definition) is 0. The van der Waals surface area contributed by atoms with Gasteiger partial charge in [0, 0.05) is 38.2 Å². The van der Waals surface area contributed by atoms with Crippen LogP contribution in [0.1, 0.15) is 11.1 Å². The van der Waals surface area contributed by atoms with Crippen molar-refractivity contribution in [2.24, 2.45) is 0 Å². The second kappa shape index (κ2) is 9.96. The van der Waals surface area contributed by atoms with Crippen LogP contribution in [0, 0.1) is 22.7 Å². The van der Waals surface area contributed by atoms with Crippen molar-refractivity contribution in [1.82, 2.24) is 9.13 Å². The van der Waals surface area contributed by atoms with Crippen LogP contribution in [0.4, 0.5) is 0 Å². The zero-order valence-corrected chi connectivity index (χ0v) is 24.6. The number of hydrogen-bond acceptors (Lipinski definition) is 2. The molecule has 0 fully saturated rings. The van der Waals surface area contributed by atoms with Crippen LogP contribution in [0.2, 0.25) is 0 Å². The van der Waals surface area contributed by atoms with Gasteiger partial charge >= 0.3 is 0 Å². The molecule has 0 saturated heterocycles. The topological polar surface area (TPSA) is 57.4 Å². The molecule has 0 spiro atoms. The maximum absolute atomic E-state index is 9.86. The summed E-state index contributed by atoms with van der Waals surface area (Å²) in [6.45, 7) is 0. The maximum Gasteiger partial charge on any atom is 0.0998 e. The van der Waals surface area contributed by atoms with Crippen molar-refractivity contribution in [2.45, 2.75) is 0 Å². The number of rotatable bonds is 3. The van der Waals surface area contributed by atoms with E-state index < -0.39 is 0 Å². The van der Waals surface area contributed by atoms with E-state index in [1.54, 1.807) is 18.2 Å². The van der Waals surface area contributed by atoms with E-state index in [2.05, 4.69) is 143 Å². The number of nitrogens with zero attached hydrogens (tertiary/aromatic N) is 4. The summed E-state index contributed by atoms with van der Waals surface area (Å²) in [5, 5.41) is 26.7. The summed E-state index contributed by atoms with van der Waals surface area (Å²) < 4.78 is 4.78. The summed E-state index contributed by atoms with van der Waals surface area (Å²) in [6, 6.07) is 54.9. The maximum atomic E-state index is 9.86. The van der Waals surface area contributed by atoms with Gasteiger partial charge in [-0.05, 0) is 65.5 Å². The molecule has 0 bridgehead atoms. The molecule has 0 aliphatic carbocycles. The highest BCUT2D eigenvalue weighted by molar-refractivity contribution is 6.26. The zero-order chi connectivity index (χ0) is 30.8. The minimum absolute atomic E-state index is 0.495. The number of fused-ring (bicyclic) bond motifs is 8. The van der Waals surface area contributed by atoms with Crippen molar-refractivity contribution in [1.29, 1.82) is 10.5 Å². The van der Waals surface area contributed by atoms with Crippen molar-refractivity contribution in [2.75, 3.05) is 0 Å². The Morgan fingerprint density at radius 2 is 1.11 bits per heavy atom. The van der Waals surface area contributed by atoms with Gasteiger partial charge in [0.2, 0.25) is 0 Å². The Morgan fingerprint density at radius 3 is 1.87 bits per heavy atom. The van der Waals surface area contributed by atoms with Crippen LogP contribution in [0.15, 0.2) is 146 Å². The average Bonchev–Trinajstić information content (AvgIpc) is 3.64. The Balaban J connectivity index is 1.40. The van der Waals surface area contributed by atoms with E-state index in [1.807, 2.05) is 6.07 Å². The van der Waals surface area contributed by atoms with Crippen LogP contribution in [0.25, 0.3) is 76.9 Å². The molecule has 0 saturated carbocycles. The van der Waals surface area contributed by atoms with Crippen LogP contribution in [0.3, 0.4) is 0 Å². The smallest absolute Gasteiger partial charge is 0.0998 e. The predicted octanol–water partition coefficient (Wildman–Crippen LogP) is 10.4. The molecule has 9 aromatic rings. The molecule has 0 aliphatic heterocycles. The van der Waals surface area contributed by atoms with Gasteiger partial charge in [-0.3, -0.25) is 0 Å². The van der Waals surface area contributed by atoms with Gasteiger partial charge in [-0.1, -0.05) is 91.0 Å². The van der Waals surface area contributed by atoms with Crippen molar-refractivity contribution >= 4 is 54.4 Å². The van der Waals surface area contributed by atoms with Gasteiger partial charge in [0.25, 0.3) is 0 Å². The first kappa shape index (κ1) is 25.8. The Hall–Kier alpha value is -6.62. The summed E-state index contributed by atoms with van der Waals surface area (Å²) in [5.41, 5.74) is 9.35. The van der Waals surface area contributed by atoms with Gasteiger partial charge < -0.3 is 9.13 Å². The molecular weight excluding hydrogens is 560 g/mol. The fraction of sp³-hybridized carbons (Fsp3) is 0. The van der Waals surface area contributed by atoms with E-state index in [0.717, 1.165) is 38.7 Å². The molecule has 0 N–H and O–H groups in total. The molecule has 4 heteroatoms. The molecule has 7 aromatic carbocycles. The minimum atomic E-state index is 0.495. The van der Waals surface area contributed by atoms with Crippen LogP contribution >= 0.6 is 0 Å². The van der Waals surface area contributed by atoms with Gasteiger partial charge in [-0.2, -0.15) is 10.5 Å². The number of aromatic nitrogens is 2. The molecule has 0 radical (unpaired) electrons. The lowest BCUT2D eigenvalue weighted by Gasteiger charge is -2.14. The molecule has 0 aliphatic rings.